The summed E-state index contributed by atoms with van der Waals surface area (Å²) in [5.74, 6) is -0.188. The minimum atomic E-state index is -0.394. The van der Waals surface area contributed by atoms with E-state index in [4.69, 9.17) is 9.47 Å². The van der Waals surface area contributed by atoms with Gasteiger partial charge in [0.1, 0.15) is 10.8 Å². The molecule has 25 heavy (non-hydrogen) atoms. The number of rotatable bonds is 4. The van der Waals surface area contributed by atoms with Gasteiger partial charge < -0.3 is 14.8 Å². The number of para-hydroxylation sites is 1. The van der Waals surface area contributed by atoms with Crippen molar-refractivity contribution < 1.29 is 19.1 Å². The van der Waals surface area contributed by atoms with Crippen LogP contribution in [0.15, 0.2) is 24.3 Å². The number of nitrogens with one attached hydrogen (secondary N) is 1. The summed E-state index contributed by atoms with van der Waals surface area (Å²) >= 11 is 1.48. The second-order valence-corrected chi connectivity index (χ2v) is 7.02. The van der Waals surface area contributed by atoms with Crippen LogP contribution in [0.5, 0.6) is 5.75 Å². The zero-order chi connectivity index (χ0) is 17.8. The summed E-state index contributed by atoms with van der Waals surface area (Å²) in [4.78, 5) is 26.2. The normalized spacial score (nSPS) is 13.5. The molecular weight excluding hydrogens is 338 g/mol. The molecule has 0 saturated heterocycles. The highest BCUT2D eigenvalue weighted by atomic mass is 32.1. The highest BCUT2D eigenvalue weighted by Crippen LogP contribution is 2.38. The summed E-state index contributed by atoms with van der Waals surface area (Å²) in [5.41, 5.74) is 1.97. The Labute approximate surface area is 151 Å². The number of ether oxygens (including phenoxy) is 2. The number of aryl methyl sites for hydroxylation is 1. The molecule has 1 heterocycles. The number of amides is 1. The molecule has 1 N–H and O–H groups in total. The molecule has 2 aromatic rings. The smallest absolute Gasteiger partial charge is 0.341 e. The van der Waals surface area contributed by atoms with Gasteiger partial charge in [0.15, 0.2) is 0 Å². The molecule has 0 unspecified atom stereocenters. The summed E-state index contributed by atoms with van der Waals surface area (Å²) in [7, 11) is 2.90. The van der Waals surface area contributed by atoms with Gasteiger partial charge in [-0.05, 0) is 43.4 Å². The maximum atomic E-state index is 12.7. The van der Waals surface area contributed by atoms with Crippen LogP contribution in [-0.4, -0.2) is 26.1 Å². The molecule has 0 fully saturated rings. The first-order chi connectivity index (χ1) is 12.2. The molecule has 1 aromatic heterocycles. The van der Waals surface area contributed by atoms with Crippen molar-refractivity contribution >= 4 is 28.2 Å². The Kier molecular flexibility index (Phi) is 5.38. The van der Waals surface area contributed by atoms with Crippen molar-refractivity contribution in [2.24, 2.45) is 0 Å². The molecule has 5 nitrogen and oxygen atoms in total. The van der Waals surface area contributed by atoms with Crippen molar-refractivity contribution in [2.45, 2.75) is 32.1 Å². The van der Waals surface area contributed by atoms with Crippen LogP contribution in [0.25, 0.3) is 0 Å². The van der Waals surface area contributed by atoms with Crippen molar-refractivity contribution in [2.75, 3.05) is 19.5 Å². The minimum absolute atomic E-state index is 0.293. The molecule has 3 rings (SSSR count). The zero-order valence-corrected chi connectivity index (χ0v) is 15.2. The largest absolute Gasteiger partial charge is 0.496 e. The van der Waals surface area contributed by atoms with Crippen molar-refractivity contribution in [3.8, 4) is 5.75 Å². The number of carbonyl (C=O) groups is 2. The molecule has 0 saturated carbocycles. The van der Waals surface area contributed by atoms with Crippen molar-refractivity contribution in [1.82, 2.24) is 0 Å². The highest BCUT2D eigenvalue weighted by molar-refractivity contribution is 7.17. The van der Waals surface area contributed by atoms with Gasteiger partial charge in [0.2, 0.25) is 0 Å². The fraction of sp³-hybridized carbons (Fsp3) is 0.368. The van der Waals surface area contributed by atoms with Gasteiger partial charge in [0.05, 0.1) is 25.3 Å². The third kappa shape index (κ3) is 3.54. The Morgan fingerprint density at radius 2 is 1.84 bits per heavy atom. The lowest BCUT2D eigenvalue weighted by Crippen LogP contribution is -2.15. The van der Waals surface area contributed by atoms with Gasteiger partial charge in [0.25, 0.3) is 5.91 Å². The minimum Gasteiger partial charge on any atom is -0.496 e. The zero-order valence-electron chi connectivity index (χ0n) is 14.4. The van der Waals surface area contributed by atoms with Gasteiger partial charge in [-0.2, -0.15) is 0 Å². The van der Waals surface area contributed by atoms with Crippen LogP contribution in [0.4, 0.5) is 5.00 Å². The van der Waals surface area contributed by atoms with Gasteiger partial charge in [-0.1, -0.05) is 18.6 Å². The van der Waals surface area contributed by atoms with E-state index in [1.165, 1.54) is 30.4 Å². The predicted molar refractivity (Wildman–Crippen MR) is 97.9 cm³/mol. The summed E-state index contributed by atoms with van der Waals surface area (Å²) in [5, 5.41) is 3.46. The highest BCUT2D eigenvalue weighted by Gasteiger charge is 2.26. The van der Waals surface area contributed by atoms with E-state index >= 15 is 0 Å². The molecule has 0 aliphatic heterocycles. The lowest BCUT2D eigenvalue weighted by Gasteiger charge is -2.10. The Morgan fingerprint density at radius 1 is 1.08 bits per heavy atom. The molecule has 6 heteroatoms. The molecule has 1 aromatic carbocycles. The molecule has 0 atom stereocenters. The number of carbonyl (C=O) groups excluding carboxylic acids is 2. The van der Waals surface area contributed by atoms with E-state index in [1.54, 1.807) is 18.2 Å². The maximum absolute atomic E-state index is 12.7. The SMILES string of the molecule is COC(=O)c1c(NC(=O)c2ccccc2OC)sc2c1CCCCC2. The van der Waals surface area contributed by atoms with Gasteiger partial charge in [-0.3, -0.25) is 4.79 Å². The lowest BCUT2D eigenvalue weighted by atomic mass is 10.1. The van der Waals surface area contributed by atoms with Crippen LogP contribution in [0.3, 0.4) is 0 Å². The Morgan fingerprint density at radius 3 is 2.60 bits per heavy atom. The Bertz CT molecular complexity index is 797. The first-order valence-corrected chi connectivity index (χ1v) is 9.14. The van der Waals surface area contributed by atoms with E-state index in [9.17, 15) is 9.59 Å². The first-order valence-electron chi connectivity index (χ1n) is 8.33. The van der Waals surface area contributed by atoms with E-state index in [-0.39, 0.29) is 5.91 Å². The van der Waals surface area contributed by atoms with Crippen LogP contribution in [0, 0.1) is 0 Å². The van der Waals surface area contributed by atoms with Crippen LogP contribution < -0.4 is 10.1 Å². The van der Waals surface area contributed by atoms with E-state index in [1.807, 2.05) is 6.07 Å². The van der Waals surface area contributed by atoms with Crippen LogP contribution in [0.2, 0.25) is 0 Å². The van der Waals surface area contributed by atoms with Crippen molar-refractivity contribution in [3.05, 3.63) is 45.8 Å². The van der Waals surface area contributed by atoms with Crippen LogP contribution in [-0.2, 0) is 17.6 Å². The molecule has 0 spiro atoms. The average Bonchev–Trinajstić information content (AvgIpc) is 2.81. The fourth-order valence-corrected chi connectivity index (χ4v) is 4.42. The fourth-order valence-electron chi connectivity index (χ4n) is 3.15. The number of fused-ring (bicyclic) bond motifs is 1. The Hall–Kier alpha value is -2.34. The van der Waals surface area contributed by atoms with E-state index < -0.39 is 5.97 Å². The number of esters is 1. The number of hydrogen-bond donors (Lipinski definition) is 1. The van der Waals surface area contributed by atoms with Crippen LogP contribution in [0.1, 0.15) is 50.4 Å². The summed E-state index contributed by atoms with van der Waals surface area (Å²) < 4.78 is 10.2. The molecule has 0 radical (unpaired) electrons. The van der Waals surface area contributed by atoms with Gasteiger partial charge in [-0.25, -0.2) is 4.79 Å². The third-order valence-corrected chi connectivity index (χ3v) is 5.60. The number of methoxy groups -OCH3 is 2. The third-order valence-electron chi connectivity index (χ3n) is 4.39. The number of hydrogen-bond acceptors (Lipinski definition) is 5. The van der Waals surface area contributed by atoms with Crippen LogP contribution >= 0.6 is 11.3 Å². The second-order valence-electron chi connectivity index (χ2n) is 5.91. The lowest BCUT2D eigenvalue weighted by molar-refractivity contribution is 0.0601. The molecular formula is C19H21NO4S. The second kappa shape index (κ2) is 7.70. The topological polar surface area (TPSA) is 64.6 Å². The van der Waals surface area contributed by atoms with E-state index in [0.717, 1.165) is 37.7 Å². The maximum Gasteiger partial charge on any atom is 0.341 e. The predicted octanol–water partition coefficient (Wildman–Crippen LogP) is 4.06. The van der Waals surface area contributed by atoms with E-state index in [0.29, 0.717) is 21.9 Å². The van der Waals surface area contributed by atoms with Crippen molar-refractivity contribution in [1.29, 1.82) is 0 Å². The first kappa shape index (κ1) is 17.5. The molecule has 132 valence electrons. The standard InChI is InChI=1S/C19H21NO4S/c1-23-14-10-7-6-8-12(14)17(21)20-18-16(19(22)24-2)13-9-4-3-5-11-15(13)25-18/h6-8,10H,3-5,9,11H2,1-2H3,(H,20,21). The summed E-state index contributed by atoms with van der Waals surface area (Å²) in [6.07, 6.45) is 5.10. The van der Waals surface area contributed by atoms with Gasteiger partial charge >= 0.3 is 5.97 Å². The van der Waals surface area contributed by atoms with E-state index in [2.05, 4.69) is 5.32 Å². The number of anilines is 1. The summed E-state index contributed by atoms with van der Waals surface area (Å²) in [6, 6.07) is 7.02. The van der Waals surface area contributed by atoms with Crippen molar-refractivity contribution in [3.63, 3.8) is 0 Å². The molecule has 0 bridgehead atoms. The van der Waals surface area contributed by atoms with Gasteiger partial charge in [0, 0.05) is 4.88 Å². The Balaban J connectivity index is 1.97. The quantitative estimate of drug-likeness (QED) is 0.660. The molecule has 1 amide bonds. The number of benzene rings is 1. The van der Waals surface area contributed by atoms with Gasteiger partial charge in [-0.15, -0.1) is 11.3 Å². The number of thiophene rings is 1. The average molecular weight is 359 g/mol. The molecule has 1 aliphatic carbocycles. The summed E-state index contributed by atoms with van der Waals surface area (Å²) in [6.45, 7) is 0. The monoisotopic (exact) mass is 359 g/mol. The molecule has 1 aliphatic rings.